The van der Waals surface area contributed by atoms with Gasteiger partial charge < -0.3 is 9.88 Å². The van der Waals surface area contributed by atoms with Crippen LogP contribution in [0.5, 0.6) is 0 Å². The Morgan fingerprint density at radius 1 is 1.30 bits per heavy atom. The highest BCUT2D eigenvalue weighted by atomic mass is 19.4. The zero-order valence-corrected chi connectivity index (χ0v) is 10.7. The van der Waals surface area contributed by atoms with Crippen molar-refractivity contribution in [3.63, 3.8) is 0 Å². The molecular formula is C13H15F3N2O2. The predicted octanol–water partition coefficient (Wildman–Crippen LogP) is 2.29. The van der Waals surface area contributed by atoms with Gasteiger partial charge in [0.15, 0.2) is 0 Å². The van der Waals surface area contributed by atoms with E-state index < -0.39 is 17.5 Å². The lowest BCUT2D eigenvalue weighted by atomic mass is 10.2. The van der Waals surface area contributed by atoms with Gasteiger partial charge in [0.25, 0.3) is 5.78 Å². The summed E-state index contributed by atoms with van der Waals surface area (Å²) in [4.78, 5) is 22.7. The highest BCUT2D eigenvalue weighted by Gasteiger charge is 2.39. The second-order valence-corrected chi connectivity index (χ2v) is 4.95. The SMILES string of the molecule is O=C(Cn1ccc(C(=O)C(F)(F)F)c1)NC1CCCC1. The third kappa shape index (κ3) is 3.61. The molecule has 1 saturated carbocycles. The minimum atomic E-state index is -4.89. The third-order valence-electron chi connectivity index (χ3n) is 3.32. The molecule has 0 aliphatic heterocycles. The first-order valence-electron chi connectivity index (χ1n) is 6.43. The fraction of sp³-hybridized carbons (Fsp3) is 0.538. The van der Waals surface area contributed by atoms with Crippen molar-refractivity contribution >= 4 is 11.7 Å². The van der Waals surface area contributed by atoms with Crippen LogP contribution in [0.15, 0.2) is 18.5 Å². The standard InChI is InChI=1S/C13H15F3N2O2/c14-13(15,16)12(20)9-5-6-18(7-9)8-11(19)17-10-3-1-2-4-10/h5-7,10H,1-4,8H2,(H,17,19). The summed E-state index contributed by atoms with van der Waals surface area (Å²) >= 11 is 0. The first kappa shape index (κ1) is 14.6. The molecule has 2 rings (SSSR count). The van der Waals surface area contributed by atoms with Crippen LogP contribution in [0.25, 0.3) is 0 Å². The number of alkyl halides is 3. The van der Waals surface area contributed by atoms with E-state index in [1.54, 1.807) is 0 Å². The first-order valence-corrected chi connectivity index (χ1v) is 6.43. The van der Waals surface area contributed by atoms with E-state index in [4.69, 9.17) is 0 Å². The van der Waals surface area contributed by atoms with E-state index in [-0.39, 0.29) is 18.5 Å². The van der Waals surface area contributed by atoms with Gasteiger partial charge in [-0.25, -0.2) is 0 Å². The monoisotopic (exact) mass is 288 g/mol. The van der Waals surface area contributed by atoms with Gasteiger partial charge in [0, 0.05) is 24.0 Å². The topological polar surface area (TPSA) is 51.1 Å². The van der Waals surface area contributed by atoms with Crippen LogP contribution < -0.4 is 5.32 Å². The third-order valence-corrected chi connectivity index (χ3v) is 3.32. The summed E-state index contributed by atoms with van der Waals surface area (Å²) in [7, 11) is 0. The maximum atomic E-state index is 12.2. The van der Waals surface area contributed by atoms with Crippen molar-refractivity contribution in [2.24, 2.45) is 0 Å². The maximum absolute atomic E-state index is 12.2. The highest BCUT2D eigenvalue weighted by Crippen LogP contribution is 2.21. The molecule has 1 N–H and O–H groups in total. The summed E-state index contributed by atoms with van der Waals surface area (Å²) < 4.78 is 38.0. The van der Waals surface area contributed by atoms with Crippen molar-refractivity contribution < 1.29 is 22.8 Å². The summed E-state index contributed by atoms with van der Waals surface area (Å²) in [6.07, 6.45) is 1.50. The van der Waals surface area contributed by atoms with Crippen LogP contribution in [0.3, 0.4) is 0 Å². The molecule has 0 aromatic carbocycles. The quantitative estimate of drug-likeness (QED) is 0.864. The number of carbonyl (C=O) groups excluding carboxylic acids is 2. The van der Waals surface area contributed by atoms with Crippen LogP contribution in [-0.4, -0.2) is 28.5 Å². The molecule has 110 valence electrons. The molecule has 0 saturated heterocycles. The number of halogens is 3. The first-order chi connectivity index (χ1) is 9.36. The van der Waals surface area contributed by atoms with Gasteiger partial charge in [0.2, 0.25) is 5.91 Å². The number of ketones is 1. The molecule has 1 amide bonds. The summed E-state index contributed by atoms with van der Waals surface area (Å²) in [5.74, 6) is -2.15. The Bertz CT molecular complexity index is 502. The number of Topliss-reactive ketones (excluding diaryl/α,β-unsaturated/α-hetero) is 1. The number of hydrogen-bond donors (Lipinski definition) is 1. The molecule has 1 fully saturated rings. The van der Waals surface area contributed by atoms with Gasteiger partial charge in [-0.3, -0.25) is 9.59 Å². The molecule has 0 radical (unpaired) electrons. The summed E-state index contributed by atoms with van der Waals surface area (Å²) in [5, 5.41) is 2.83. The minimum absolute atomic E-state index is 0.0817. The van der Waals surface area contributed by atoms with E-state index >= 15 is 0 Å². The zero-order valence-electron chi connectivity index (χ0n) is 10.7. The number of nitrogens with one attached hydrogen (secondary N) is 1. The van der Waals surface area contributed by atoms with E-state index in [1.165, 1.54) is 10.8 Å². The molecule has 0 bridgehead atoms. The van der Waals surface area contributed by atoms with Crippen molar-refractivity contribution in [2.45, 2.75) is 44.4 Å². The lowest BCUT2D eigenvalue weighted by Gasteiger charge is -2.12. The molecule has 20 heavy (non-hydrogen) atoms. The molecule has 0 atom stereocenters. The molecule has 1 aromatic heterocycles. The number of carbonyl (C=O) groups is 2. The van der Waals surface area contributed by atoms with E-state index in [1.807, 2.05) is 0 Å². The van der Waals surface area contributed by atoms with Crippen LogP contribution in [0.1, 0.15) is 36.0 Å². The highest BCUT2D eigenvalue weighted by molar-refractivity contribution is 6.00. The number of amides is 1. The number of aromatic nitrogens is 1. The summed E-state index contributed by atoms with van der Waals surface area (Å²) in [6.45, 7) is -0.0817. The van der Waals surface area contributed by atoms with Crippen LogP contribution in [0.4, 0.5) is 13.2 Å². The van der Waals surface area contributed by atoms with Crippen molar-refractivity contribution in [3.8, 4) is 0 Å². The number of rotatable bonds is 4. The van der Waals surface area contributed by atoms with E-state index in [0.717, 1.165) is 37.9 Å². The Balaban J connectivity index is 1.92. The molecule has 0 unspecified atom stereocenters. The Hall–Kier alpha value is -1.79. The van der Waals surface area contributed by atoms with E-state index in [0.29, 0.717) is 0 Å². The Morgan fingerprint density at radius 3 is 2.55 bits per heavy atom. The van der Waals surface area contributed by atoms with E-state index in [2.05, 4.69) is 5.32 Å². The molecular weight excluding hydrogens is 273 g/mol. The Morgan fingerprint density at radius 2 is 1.95 bits per heavy atom. The normalized spacial score (nSPS) is 16.4. The molecule has 4 nitrogen and oxygen atoms in total. The Kier molecular flexibility index (Phi) is 4.15. The largest absolute Gasteiger partial charge is 0.454 e. The molecule has 7 heteroatoms. The van der Waals surface area contributed by atoms with Gasteiger partial charge in [0.05, 0.1) is 0 Å². The molecule has 0 spiro atoms. The lowest BCUT2D eigenvalue weighted by Crippen LogP contribution is -2.34. The van der Waals surface area contributed by atoms with Gasteiger partial charge in [0.1, 0.15) is 6.54 Å². The van der Waals surface area contributed by atoms with Crippen LogP contribution >= 0.6 is 0 Å². The van der Waals surface area contributed by atoms with Gasteiger partial charge in [-0.15, -0.1) is 0 Å². The number of nitrogens with zero attached hydrogens (tertiary/aromatic N) is 1. The van der Waals surface area contributed by atoms with Gasteiger partial charge >= 0.3 is 6.18 Å². The number of hydrogen-bond acceptors (Lipinski definition) is 2. The van der Waals surface area contributed by atoms with Crippen LogP contribution in [0.2, 0.25) is 0 Å². The molecule has 1 aliphatic carbocycles. The predicted molar refractivity (Wildman–Crippen MR) is 65.2 cm³/mol. The van der Waals surface area contributed by atoms with Gasteiger partial charge in [-0.1, -0.05) is 12.8 Å². The van der Waals surface area contributed by atoms with Gasteiger partial charge in [-0.05, 0) is 18.9 Å². The summed E-state index contributed by atoms with van der Waals surface area (Å²) in [6, 6.07) is 1.23. The second kappa shape index (κ2) is 5.68. The minimum Gasteiger partial charge on any atom is -0.352 e. The second-order valence-electron chi connectivity index (χ2n) is 4.95. The fourth-order valence-corrected chi connectivity index (χ4v) is 2.35. The van der Waals surface area contributed by atoms with E-state index in [9.17, 15) is 22.8 Å². The maximum Gasteiger partial charge on any atom is 0.454 e. The lowest BCUT2D eigenvalue weighted by molar-refractivity contribution is -0.122. The fourth-order valence-electron chi connectivity index (χ4n) is 2.35. The average molecular weight is 288 g/mol. The molecule has 1 aromatic rings. The molecule has 1 aliphatic rings. The smallest absolute Gasteiger partial charge is 0.352 e. The van der Waals surface area contributed by atoms with Gasteiger partial charge in [-0.2, -0.15) is 13.2 Å². The van der Waals surface area contributed by atoms with Crippen molar-refractivity contribution in [1.82, 2.24) is 9.88 Å². The Labute approximate surface area is 113 Å². The van der Waals surface area contributed by atoms with Crippen molar-refractivity contribution in [2.75, 3.05) is 0 Å². The summed E-state index contributed by atoms with van der Waals surface area (Å²) in [5.41, 5.74) is -0.453. The average Bonchev–Trinajstić information content (AvgIpc) is 2.98. The van der Waals surface area contributed by atoms with Crippen molar-refractivity contribution in [1.29, 1.82) is 0 Å². The zero-order chi connectivity index (χ0) is 14.8. The van der Waals surface area contributed by atoms with Crippen molar-refractivity contribution in [3.05, 3.63) is 24.0 Å². The van der Waals surface area contributed by atoms with Crippen LogP contribution in [0, 0.1) is 0 Å². The molecule has 1 heterocycles. The van der Waals surface area contributed by atoms with Crippen LogP contribution in [-0.2, 0) is 11.3 Å².